The molecule has 0 atom stereocenters. The van der Waals surface area contributed by atoms with Gasteiger partial charge >= 0.3 is 0 Å². The molecule has 0 spiro atoms. The van der Waals surface area contributed by atoms with Gasteiger partial charge in [-0.1, -0.05) is 0 Å². The van der Waals surface area contributed by atoms with E-state index in [1.165, 1.54) is 21.3 Å². The van der Waals surface area contributed by atoms with Crippen molar-refractivity contribution in [2.45, 2.75) is 0 Å². The molecule has 0 saturated heterocycles. The predicted molar refractivity (Wildman–Crippen MR) is 111 cm³/mol. The molecule has 0 unspecified atom stereocenters. The number of nitrogens with zero attached hydrogens (tertiary/aromatic N) is 2. The first-order valence-corrected chi connectivity index (χ1v) is 8.80. The molecule has 1 aromatic heterocycles. The lowest BCUT2D eigenvalue weighted by atomic mass is 10.1. The average molecular weight is 408 g/mol. The summed E-state index contributed by atoms with van der Waals surface area (Å²) in [6, 6.07) is 12.2. The van der Waals surface area contributed by atoms with Gasteiger partial charge in [-0.3, -0.25) is 9.78 Å². The monoisotopic (exact) mass is 408 g/mol. The topological polar surface area (TPSA) is 118 Å². The van der Waals surface area contributed by atoms with Crippen LogP contribution in [0.25, 0.3) is 11.3 Å². The van der Waals surface area contributed by atoms with E-state index in [-0.39, 0.29) is 17.2 Å². The van der Waals surface area contributed by atoms with E-state index >= 15 is 0 Å². The molecule has 154 valence electrons. The smallest absolute Gasteiger partial charge is 0.270 e. The van der Waals surface area contributed by atoms with Crippen molar-refractivity contribution >= 4 is 11.6 Å². The van der Waals surface area contributed by atoms with Crippen molar-refractivity contribution in [2.75, 3.05) is 33.8 Å². The molecule has 0 saturated carbocycles. The fourth-order valence-electron chi connectivity index (χ4n) is 2.88. The highest BCUT2D eigenvalue weighted by Crippen LogP contribution is 2.40. The zero-order valence-corrected chi connectivity index (χ0v) is 16.9. The second-order valence-electron chi connectivity index (χ2n) is 6.02. The summed E-state index contributed by atoms with van der Waals surface area (Å²) in [6.07, 6.45) is 0. The number of benzene rings is 2. The standard InChI is InChI=1S/C21H20N4O5/c1-27-14-7-5-12(6-8-14)18-15(11-22)20(26)25-21(24-18)23-13-9-16(28-2)19(30-4)17(10-13)29-3/h5-10H,1-4H3,(H2,23,24,25,26). The van der Waals surface area contributed by atoms with Gasteiger partial charge in [0.05, 0.1) is 34.1 Å². The van der Waals surface area contributed by atoms with Crippen molar-refractivity contribution in [1.29, 1.82) is 5.26 Å². The Bertz CT molecular complexity index is 1120. The molecule has 3 aromatic rings. The van der Waals surface area contributed by atoms with Gasteiger partial charge in [-0.15, -0.1) is 0 Å². The van der Waals surface area contributed by atoms with Crippen LogP contribution in [0.3, 0.4) is 0 Å². The van der Waals surface area contributed by atoms with E-state index in [1.54, 1.807) is 43.5 Å². The molecule has 0 radical (unpaired) electrons. The summed E-state index contributed by atoms with van der Waals surface area (Å²) in [6.45, 7) is 0. The third kappa shape index (κ3) is 3.98. The summed E-state index contributed by atoms with van der Waals surface area (Å²) >= 11 is 0. The number of ether oxygens (including phenoxy) is 4. The van der Waals surface area contributed by atoms with Crippen LogP contribution < -0.4 is 29.8 Å². The molecular weight excluding hydrogens is 388 g/mol. The number of hydrogen-bond acceptors (Lipinski definition) is 8. The fraction of sp³-hybridized carbons (Fsp3) is 0.190. The number of hydrogen-bond donors (Lipinski definition) is 2. The first kappa shape index (κ1) is 20.5. The normalized spacial score (nSPS) is 10.1. The van der Waals surface area contributed by atoms with Crippen molar-refractivity contribution in [3.8, 4) is 40.3 Å². The number of nitriles is 1. The lowest BCUT2D eigenvalue weighted by Gasteiger charge is -2.15. The van der Waals surface area contributed by atoms with Gasteiger partial charge in [0, 0.05) is 23.4 Å². The van der Waals surface area contributed by atoms with Crippen LogP contribution in [0.15, 0.2) is 41.2 Å². The third-order valence-electron chi connectivity index (χ3n) is 4.32. The van der Waals surface area contributed by atoms with Crippen molar-refractivity contribution in [1.82, 2.24) is 9.97 Å². The van der Waals surface area contributed by atoms with Gasteiger partial charge in [0.2, 0.25) is 11.7 Å². The highest BCUT2D eigenvalue weighted by Gasteiger charge is 2.16. The lowest BCUT2D eigenvalue weighted by molar-refractivity contribution is 0.324. The van der Waals surface area contributed by atoms with Gasteiger partial charge in [-0.25, -0.2) is 4.98 Å². The van der Waals surface area contributed by atoms with Crippen LogP contribution in [0.1, 0.15) is 5.56 Å². The Hall–Kier alpha value is -4.19. The summed E-state index contributed by atoms with van der Waals surface area (Å²) in [7, 11) is 6.07. The number of aromatic amines is 1. The Kier molecular flexibility index (Phi) is 6.08. The fourth-order valence-corrected chi connectivity index (χ4v) is 2.88. The van der Waals surface area contributed by atoms with Crippen LogP contribution in [-0.4, -0.2) is 38.4 Å². The third-order valence-corrected chi connectivity index (χ3v) is 4.32. The van der Waals surface area contributed by atoms with Crippen molar-refractivity contribution in [3.63, 3.8) is 0 Å². The number of methoxy groups -OCH3 is 4. The highest BCUT2D eigenvalue weighted by atomic mass is 16.5. The minimum atomic E-state index is -0.562. The summed E-state index contributed by atoms with van der Waals surface area (Å²) in [5.74, 6) is 2.11. The van der Waals surface area contributed by atoms with Crippen LogP contribution in [-0.2, 0) is 0 Å². The molecule has 9 heteroatoms. The number of nitrogens with one attached hydrogen (secondary N) is 2. The van der Waals surface area contributed by atoms with Gasteiger partial charge in [0.25, 0.3) is 5.56 Å². The molecule has 0 aliphatic heterocycles. The Labute approximate surface area is 172 Å². The average Bonchev–Trinajstić information content (AvgIpc) is 2.78. The molecule has 3 rings (SSSR count). The molecule has 2 N–H and O–H groups in total. The second-order valence-corrected chi connectivity index (χ2v) is 6.02. The van der Waals surface area contributed by atoms with Gasteiger partial charge in [-0.2, -0.15) is 5.26 Å². The van der Waals surface area contributed by atoms with Gasteiger partial charge in [0.15, 0.2) is 11.5 Å². The van der Waals surface area contributed by atoms with Crippen LogP contribution in [0, 0.1) is 11.3 Å². The van der Waals surface area contributed by atoms with Crippen molar-refractivity contribution in [3.05, 3.63) is 52.3 Å². The predicted octanol–water partition coefficient (Wildman–Crippen LogP) is 3.09. The summed E-state index contributed by atoms with van der Waals surface area (Å²) < 4.78 is 21.1. The Morgan fingerprint density at radius 2 is 1.60 bits per heavy atom. The number of rotatable bonds is 7. The van der Waals surface area contributed by atoms with E-state index < -0.39 is 5.56 Å². The lowest BCUT2D eigenvalue weighted by Crippen LogP contribution is -2.16. The Morgan fingerprint density at radius 1 is 0.967 bits per heavy atom. The van der Waals surface area contributed by atoms with E-state index in [4.69, 9.17) is 18.9 Å². The van der Waals surface area contributed by atoms with Crippen molar-refractivity contribution in [2.24, 2.45) is 0 Å². The van der Waals surface area contributed by atoms with E-state index in [0.29, 0.717) is 34.2 Å². The largest absolute Gasteiger partial charge is 0.497 e. The first-order chi connectivity index (χ1) is 14.5. The van der Waals surface area contributed by atoms with E-state index in [9.17, 15) is 10.1 Å². The molecule has 0 amide bonds. The van der Waals surface area contributed by atoms with Crippen LogP contribution in [0.5, 0.6) is 23.0 Å². The second kappa shape index (κ2) is 8.87. The zero-order valence-electron chi connectivity index (χ0n) is 16.9. The number of anilines is 2. The van der Waals surface area contributed by atoms with Gasteiger partial charge < -0.3 is 24.3 Å². The van der Waals surface area contributed by atoms with E-state index in [2.05, 4.69) is 15.3 Å². The molecule has 0 aliphatic carbocycles. The maximum Gasteiger partial charge on any atom is 0.270 e. The van der Waals surface area contributed by atoms with E-state index in [1.807, 2.05) is 6.07 Å². The van der Waals surface area contributed by atoms with Gasteiger partial charge in [0.1, 0.15) is 17.4 Å². The molecule has 2 aromatic carbocycles. The zero-order chi connectivity index (χ0) is 21.7. The van der Waals surface area contributed by atoms with Gasteiger partial charge in [-0.05, 0) is 24.3 Å². The highest BCUT2D eigenvalue weighted by molar-refractivity contribution is 5.70. The molecule has 0 bridgehead atoms. The quantitative estimate of drug-likeness (QED) is 0.612. The Morgan fingerprint density at radius 3 is 2.10 bits per heavy atom. The van der Waals surface area contributed by atoms with E-state index in [0.717, 1.165) is 0 Å². The first-order valence-electron chi connectivity index (χ1n) is 8.80. The molecule has 0 aliphatic rings. The number of H-pyrrole nitrogens is 1. The summed E-state index contributed by atoms with van der Waals surface area (Å²) in [4.78, 5) is 19.5. The molecule has 1 heterocycles. The molecular formula is C21H20N4O5. The molecule has 30 heavy (non-hydrogen) atoms. The van der Waals surface area contributed by atoms with Crippen LogP contribution in [0.2, 0.25) is 0 Å². The molecule has 0 fully saturated rings. The summed E-state index contributed by atoms with van der Waals surface area (Å²) in [5.41, 5.74) is 0.743. The number of aromatic nitrogens is 2. The van der Waals surface area contributed by atoms with Crippen LogP contribution >= 0.6 is 0 Å². The summed E-state index contributed by atoms with van der Waals surface area (Å²) in [5, 5.41) is 12.4. The Balaban J connectivity index is 2.07. The maximum absolute atomic E-state index is 12.5. The van der Waals surface area contributed by atoms with Crippen LogP contribution in [0.4, 0.5) is 11.6 Å². The maximum atomic E-state index is 12.5. The van der Waals surface area contributed by atoms with Crippen molar-refractivity contribution < 1.29 is 18.9 Å². The SMILES string of the molecule is COc1ccc(-c2nc(Nc3cc(OC)c(OC)c(OC)c3)[nH]c(=O)c2C#N)cc1. The minimum absolute atomic E-state index is 0.0874. The molecule has 9 nitrogen and oxygen atoms in total. The minimum Gasteiger partial charge on any atom is -0.497 e.